The van der Waals surface area contributed by atoms with Crippen molar-refractivity contribution < 1.29 is 42.6 Å². The maximum atomic E-state index is 10.7. The zero-order valence-electron chi connectivity index (χ0n) is 7.34. The van der Waals surface area contributed by atoms with Gasteiger partial charge in [-0.2, -0.15) is 0 Å². The molecule has 1 atom stereocenters. The Morgan fingerprint density at radius 2 is 2.09 bits per heavy atom. The zero-order chi connectivity index (χ0) is 7.98. The number of rotatable bonds is 5. The van der Waals surface area contributed by atoms with Crippen LogP contribution in [0.4, 0.5) is 0 Å². The van der Waals surface area contributed by atoms with Gasteiger partial charge in [0.2, 0.25) is 0 Å². The van der Waals surface area contributed by atoms with Crippen LogP contribution in [0.15, 0.2) is 0 Å². The predicted molar refractivity (Wildman–Crippen MR) is 40.8 cm³/mol. The van der Waals surface area contributed by atoms with E-state index < -0.39 is 0 Å². The third kappa shape index (κ3) is 10.7. The molecule has 0 aromatic rings. The number of aliphatic hydroxyl groups excluding tert-OH is 1. The van der Waals surface area contributed by atoms with E-state index in [0.29, 0.717) is 18.6 Å². The standard InChI is InChI=1S/C8H16O2.Y/c1-3-8(10)6-4-5-7(2)9;/h7,9H,3-6H2,1-2H3;/t7-;/m1./s1. The minimum atomic E-state index is -0.260. The second kappa shape index (κ2) is 8.83. The fraction of sp³-hybridized carbons (Fsp3) is 0.875. The number of carbonyl (C=O) groups excluding carboxylic acids is 1. The van der Waals surface area contributed by atoms with Gasteiger partial charge in [0.1, 0.15) is 5.78 Å². The first-order valence-corrected chi connectivity index (χ1v) is 3.86. The van der Waals surface area contributed by atoms with E-state index in [4.69, 9.17) is 5.11 Å². The zero-order valence-corrected chi connectivity index (χ0v) is 10.2. The molecule has 0 heterocycles. The van der Waals surface area contributed by atoms with E-state index in [1.54, 1.807) is 6.92 Å². The molecule has 3 heteroatoms. The van der Waals surface area contributed by atoms with Crippen LogP contribution >= 0.6 is 0 Å². The molecule has 0 aliphatic heterocycles. The SMILES string of the molecule is CCC(=O)CCC[C@@H](C)O.[Y]. The number of hydrogen-bond donors (Lipinski definition) is 1. The Morgan fingerprint density at radius 1 is 1.55 bits per heavy atom. The van der Waals surface area contributed by atoms with Gasteiger partial charge in [-0.1, -0.05) is 6.92 Å². The minimum absolute atomic E-state index is 0. The average Bonchev–Trinajstić information content (AvgIpc) is 1.87. The number of ketones is 1. The van der Waals surface area contributed by atoms with Gasteiger partial charge in [0.05, 0.1) is 6.10 Å². The second-order valence-electron chi connectivity index (χ2n) is 2.63. The third-order valence-electron chi connectivity index (χ3n) is 1.47. The molecule has 2 nitrogen and oxygen atoms in total. The fourth-order valence-electron chi connectivity index (χ4n) is 0.771. The van der Waals surface area contributed by atoms with Gasteiger partial charge in [-0.05, 0) is 19.8 Å². The summed E-state index contributed by atoms with van der Waals surface area (Å²) in [5.41, 5.74) is 0. The van der Waals surface area contributed by atoms with Crippen molar-refractivity contribution in [3.05, 3.63) is 0 Å². The molecular formula is C8H16O2Y. The van der Waals surface area contributed by atoms with Gasteiger partial charge in [0.15, 0.2) is 0 Å². The van der Waals surface area contributed by atoms with Gasteiger partial charge in [-0.3, -0.25) is 4.79 Å². The summed E-state index contributed by atoms with van der Waals surface area (Å²) >= 11 is 0. The molecule has 0 aliphatic carbocycles. The van der Waals surface area contributed by atoms with Gasteiger partial charge in [0.25, 0.3) is 0 Å². The molecule has 11 heavy (non-hydrogen) atoms. The smallest absolute Gasteiger partial charge is 0.132 e. The molecule has 0 saturated heterocycles. The molecule has 0 fully saturated rings. The second-order valence-corrected chi connectivity index (χ2v) is 2.63. The van der Waals surface area contributed by atoms with Crippen molar-refractivity contribution in [1.29, 1.82) is 0 Å². The van der Waals surface area contributed by atoms with E-state index in [1.807, 2.05) is 6.92 Å². The molecule has 0 unspecified atom stereocenters. The maximum absolute atomic E-state index is 10.7. The van der Waals surface area contributed by atoms with Crippen LogP contribution in [0, 0.1) is 0 Å². The van der Waals surface area contributed by atoms with E-state index in [0.717, 1.165) is 12.8 Å². The molecule has 0 rings (SSSR count). The van der Waals surface area contributed by atoms with Crippen LogP contribution in [0.2, 0.25) is 0 Å². The molecule has 1 N–H and O–H groups in total. The summed E-state index contributed by atoms with van der Waals surface area (Å²) in [6.45, 7) is 3.61. The van der Waals surface area contributed by atoms with Crippen molar-refractivity contribution in [2.24, 2.45) is 0 Å². The summed E-state index contributed by atoms with van der Waals surface area (Å²) in [6.07, 6.45) is 2.56. The Labute approximate surface area is 93.6 Å². The van der Waals surface area contributed by atoms with Crippen LogP contribution in [0.5, 0.6) is 0 Å². The van der Waals surface area contributed by atoms with Crippen molar-refractivity contribution in [3.63, 3.8) is 0 Å². The van der Waals surface area contributed by atoms with Gasteiger partial charge in [0, 0.05) is 45.6 Å². The van der Waals surface area contributed by atoms with Gasteiger partial charge in [-0.15, -0.1) is 0 Å². The Hall–Kier alpha value is 0.734. The summed E-state index contributed by atoms with van der Waals surface area (Å²) in [7, 11) is 0. The van der Waals surface area contributed by atoms with E-state index in [2.05, 4.69) is 0 Å². The van der Waals surface area contributed by atoms with Gasteiger partial charge >= 0.3 is 0 Å². The number of Topliss-reactive ketones (excluding diaryl/α,β-unsaturated/α-hetero) is 1. The van der Waals surface area contributed by atoms with Gasteiger partial charge in [-0.25, -0.2) is 0 Å². The molecule has 0 bridgehead atoms. The van der Waals surface area contributed by atoms with Crippen molar-refractivity contribution in [1.82, 2.24) is 0 Å². The number of hydrogen-bond acceptors (Lipinski definition) is 2. The summed E-state index contributed by atoms with van der Waals surface area (Å²) < 4.78 is 0. The summed E-state index contributed by atoms with van der Waals surface area (Å²) in [6, 6.07) is 0. The van der Waals surface area contributed by atoms with E-state index in [-0.39, 0.29) is 38.8 Å². The van der Waals surface area contributed by atoms with Crippen molar-refractivity contribution in [3.8, 4) is 0 Å². The normalized spacial score (nSPS) is 11.9. The first-order chi connectivity index (χ1) is 4.66. The van der Waals surface area contributed by atoms with Crippen LogP contribution in [0.3, 0.4) is 0 Å². The average molecular weight is 233 g/mol. The molecular weight excluding hydrogens is 217 g/mol. The third-order valence-corrected chi connectivity index (χ3v) is 1.47. The maximum Gasteiger partial charge on any atom is 0.132 e. The Kier molecular flexibility index (Phi) is 11.5. The quantitative estimate of drug-likeness (QED) is 0.781. The molecule has 0 aromatic carbocycles. The van der Waals surface area contributed by atoms with E-state index in [1.165, 1.54) is 0 Å². The number of aliphatic hydroxyl groups is 1. The molecule has 63 valence electrons. The van der Waals surface area contributed by atoms with Crippen LogP contribution in [-0.2, 0) is 37.5 Å². The molecule has 0 spiro atoms. The fourth-order valence-corrected chi connectivity index (χ4v) is 0.771. The summed E-state index contributed by atoms with van der Waals surface area (Å²) in [5.74, 6) is 0.292. The van der Waals surface area contributed by atoms with Crippen molar-refractivity contribution in [2.45, 2.75) is 45.6 Å². The monoisotopic (exact) mass is 233 g/mol. The topological polar surface area (TPSA) is 37.3 Å². The predicted octanol–water partition coefficient (Wildman–Crippen LogP) is 1.51. The summed E-state index contributed by atoms with van der Waals surface area (Å²) in [5, 5.41) is 8.83. The van der Waals surface area contributed by atoms with Crippen molar-refractivity contribution >= 4 is 5.78 Å². The Balaban J connectivity index is 0. The molecule has 0 saturated carbocycles. The molecule has 0 aliphatic rings. The Bertz CT molecular complexity index is 102. The molecule has 1 radical (unpaired) electrons. The van der Waals surface area contributed by atoms with Crippen LogP contribution < -0.4 is 0 Å². The first kappa shape index (κ1) is 14.3. The van der Waals surface area contributed by atoms with Crippen LogP contribution in [0.25, 0.3) is 0 Å². The summed E-state index contributed by atoms with van der Waals surface area (Å²) in [4.78, 5) is 10.7. The Morgan fingerprint density at radius 3 is 2.45 bits per heavy atom. The van der Waals surface area contributed by atoms with Crippen LogP contribution in [0.1, 0.15) is 39.5 Å². The molecule has 0 aromatic heterocycles. The van der Waals surface area contributed by atoms with E-state index in [9.17, 15) is 4.79 Å². The largest absolute Gasteiger partial charge is 0.393 e. The van der Waals surface area contributed by atoms with Crippen molar-refractivity contribution in [2.75, 3.05) is 0 Å². The molecule has 0 amide bonds. The first-order valence-electron chi connectivity index (χ1n) is 3.86. The van der Waals surface area contributed by atoms with Gasteiger partial charge < -0.3 is 5.11 Å². The van der Waals surface area contributed by atoms with E-state index >= 15 is 0 Å². The van der Waals surface area contributed by atoms with Crippen LogP contribution in [-0.4, -0.2) is 17.0 Å². The number of carbonyl (C=O) groups is 1. The minimum Gasteiger partial charge on any atom is -0.393 e.